The van der Waals surface area contributed by atoms with Crippen molar-refractivity contribution in [2.24, 2.45) is 0 Å². The maximum atomic E-state index is 9.71. The number of benzene rings is 1. The van der Waals surface area contributed by atoms with Crippen LogP contribution in [0.15, 0.2) is 33.2 Å². The lowest BCUT2D eigenvalue weighted by atomic mass is 10.1. The molecule has 3 rings (SSSR count). The summed E-state index contributed by atoms with van der Waals surface area (Å²) in [4.78, 5) is 2.49. The number of nitrogens with zero attached hydrogens (tertiary/aromatic N) is 3. The molecule has 0 unspecified atom stereocenters. The Morgan fingerprint density at radius 3 is 2.86 bits per heavy atom. The van der Waals surface area contributed by atoms with Gasteiger partial charge in [-0.05, 0) is 49.3 Å². The molecule has 21 heavy (non-hydrogen) atoms. The largest absolute Gasteiger partial charge is 0.409 e. The van der Waals surface area contributed by atoms with Crippen LogP contribution in [-0.2, 0) is 6.67 Å². The minimum Gasteiger partial charge on any atom is -0.409 e. The molecule has 0 amide bonds. The summed E-state index contributed by atoms with van der Waals surface area (Å²) in [5.74, 6) is 0.519. The van der Waals surface area contributed by atoms with Gasteiger partial charge in [0.25, 0.3) is 4.84 Å². The second-order valence-corrected chi connectivity index (χ2v) is 6.46. The fourth-order valence-electron chi connectivity index (χ4n) is 2.45. The number of aliphatic hydroxyl groups excluding tert-OH is 1. The summed E-state index contributed by atoms with van der Waals surface area (Å²) in [6.45, 7) is 2.15. The second kappa shape index (κ2) is 6.39. The second-order valence-electron chi connectivity index (χ2n) is 5.19. The Balaban J connectivity index is 1.78. The summed E-state index contributed by atoms with van der Waals surface area (Å²) < 4.78 is 8.25. The third kappa shape index (κ3) is 3.60. The van der Waals surface area contributed by atoms with Crippen molar-refractivity contribution in [3.8, 4) is 11.5 Å². The predicted octanol–water partition coefficient (Wildman–Crippen LogP) is 3.05. The maximum Gasteiger partial charge on any atom is 0.288 e. The lowest BCUT2D eigenvalue weighted by molar-refractivity contribution is 0.0509. The van der Waals surface area contributed by atoms with Gasteiger partial charge in [-0.25, -0.2) is 4.68 Å². The molecule has 1 aromatic carbocycles. The quantitative estimate of drug-likeness (QED) is 0.842. The Morgan fingerprint density at radius 2 is 2.14 bits per heavy atom. The number of likely N-dealkylation sites (tertiary alicyclic amines) is 1. The van der Waals surface area contributed by atoms with Gasteiger partial charge in [-0.2, -0.15) is 0 Å². The highest BCUT2D eigenvalue weighted by molar-refractivity contribution is 9.10. The Morgan fingerprint density at radius 1 is 1.38 bits per heavy atom. The first-order valence-corrected chi connectivity index (χ1v) is 8.06. The van der Waals surface area contributed by atoms with Crippen molar-refractivity contribution in [2.45, 2.75) is 25.6 Å². The summed E-state index contributed by atoms with van der Waals surface area (Å²) >= 11 is 8.63. The van der Waals surface area contributed by atoms with E-state index >= 15 is 0 Å². The molecule has 2 aromatic rings. The molecule has 2 heterocycles. The van der Waals surface area contributed by atoms with Crippen LogP contribution >= 0.6 is 28.1 Å². The van der Waals surface area contributed by atoms with Crippen molar-refractivity contribution in [1.82, 2.24) is 14.7 Å². The number of halogens is 1. The van der Waals surface area contributed by atoms with Crippen molar-refractivity contribution < 1.29 is 9.52 Å². The van der Waals surface area contributed by atoms with E-state index in [0.29, 0.717) is 23.9 Å². The Bertz CT molecular complexity index is 668. The standard InChI is InChI=1S/C14H16BrN3O2S/c15-11-5-3-10(4-6-11)13-16-18(14(21)20-13)9-17-7-1-2-12(19)8-17/h3-6,12,19H,1-2,7-9H2/t12-/m1/s1. The fourth-order valence-corrected chi connectivity index (χ4v) is 2.90. The molecule has 0 saturated carbocycles. The molecule has 1 aliphatic rings. The van der Waals surface area contributed by atoms with Crippen LogP contribution in [0.25, 0.3) is 11.5 Å². The van der Waals surface area contributed by atoms with Gasteiger partial charge in [-0.15, -0.1) is 5.10 Å². The lowest BCUT2D eigenvalue weighted by Crippen LogP contribution is -2.39. The number of aromatic nitrogens is 2. The normalized spacial score (nSPS) is 19.8. The molecule has 1 atom stereocenters. The summed E-state index contributed by atoms with van der Waals surface area (Å²) in [5, 5.41) is 14.1. The number of rotatable bonds is 3. The first-order valence-electron chi connectivity index (χ1n) is 6.86. The molecule has 5 nitrogen and oxygen atoms in total. The Labute approximate surface area is 136 Å². The molecule has 1 aliphatic heterocycles. The minimum atomic E-state index is -0.259. The highest BCUT2D eigenvalue weighted by Gasteiger charge is 2.19. The van der Waals surface area contributed by atoms with Gasteiger partial charge in [-0.3, -0.25) is 4.90 Å². The molecule has 1 fully saturated rings. The van der Waals surface area contributed by atoms with Crippen molar-refractivity contribution in [1.29, 1.82) is 0 Å². The molecule has 0 spiro atoms. The van der Waals surface area contributed by atoms with Crippen LogP contribution in [0.2, 0.25) is 0 Å². The molecule has 1 N–H and O–H groups in total. The van der Waals surface area contributed by atoms with Gasteiger partial charge in [0.15, 0.2) is 0 Å². The van der Waals surface area contributed by atoms with E-state index < -0.39 is 0 Å². The highest BCUT2D eigenvalue weighted by Crippen LogP contribution is 2.21. The minimum absolute atomic E-state index is 0.259. The third-order valence-electron chi connectivity index (χ3n) is 3.51. The van der Waals surface area contributed by atoms with E-state index in [0.717, 1.165) is 29.4 Å². The first-order chi connectivity index (χ1) is 10.1. The average molecular weight is 370 g/mol. The van der Waals surface area contributed by atoms with Crippen LogP contribution in [0.3, 0.4) is 0 Å². The smallest absolute Gasteiger partial charge is 0.288 e. The van der Waals surface area contributed by atoms with Crippen LogP contribution < -0.4 is 0 Å². The molecule has 0 bridgehead atoms. The van der Waals surface area contributed by atoms with Gasteiger partial charge in [0.1, 0.15) is 0 Å². The summed E-state index contributed by atoms with van der Waals surface area (Å²) in [7, 11) is 0. The zero-order valence-electron chi connectivity index (χ0n) is 11.4. The fraction of sp³-hybridized carbons (Fsp3) is 0.429. The molecule has 1 aromatic heterocycles. The predicted molar refractivity (Wildman–Crippen MR) is 85.3 cm³/mol. The number of hydrogen-bond donors (Lipinski definition) is 1. The molecule has 0 radical (unpaired) electrons. The molecule has 7 heteroatoms. The van der Waals surface area contributed by atoms with Gasteiger partial charge in [0.2, 0.25) is 5.89 Å². The molecular weight excluding hydrogens is 354 g/mol. The summed E-state index contributed by atoms with van der Waals surface area (Å²) in [6, 6.07) is 7.74. The van der Waals surface area contributed by atoms with Crippen LogP contribution in [0, 0.1) is 4.84 Å². The van der Waals surface area contributed by atoms with E-state index in [1.165, 1.54) is 0 Å². The molecular formula is C14H16BrN3O2S. The lowest BCUT2D eigenvalue weighted by Gasteiger charge is -2.29. The first kappa shape index (κ1) is 14.9. The molecule has 1 saturated heterocycles. The maximum absolute atomic E-state index is 9.71. The van der Waals surface area contributed by atoms with E-state index in [1.54, 1.807) is 4.68 Å². The van der Waals surface area contributed by atoms with Crippen molar-refractivity contribution in [2.75, 3.05) is 13.1 Å². The SMILES string of the molecule is O[C@@H]1CCCN(Cn2nc(-c3ccc(Br)cc3)oc2=S)C1. The monoisotopic (exact) mass is 369 g/mol. The van der Waals surface area contributed by atoms with E-state index in [9.17, 15) is 5.11 Å². The number of hydrogen-bond acceptors (Lipinski definition) is 5. The topological polar surface area (TPSA) is 54.4 Å². The number of aliphatic hydroxyl groups is 1. The van der Waals surface area contributed by atoms with Crippen molar-refractivity contribution in [3.63, 3.8) is 0 Å². The van der Waals surface area contributed by atoms with Gasteiger partial charge < -0.3 is 9.52 Å². The van der Waals surface area contributed by atoms with Crippen molar-refractivity contribution >= 4 is 28.1 Å². The highest BCUT2D eigenvalue weighted by atomic mass is 79.9. The van der Waals surface area contributed by atoms with E-state index in [4.69, 9.17) is 16.6 Å². The zero-order valence-corrected chi connectivity index (χ0v) is 13.8. The van der Waals surface area contributed by atoms with Gasteiger partial charge >= 0.3 is 0 Å². The van der Waals surface area contributed by atoms with Crippen LogP contribution in [0.1, 0.15) is 12.8 Å². The van der Waals surface area contributed by atoms with Crippen LogP contribution in [0.4, 0.5) is 0 Å². The third-order valence-corrected chi connectivity index (χ3v) is 4.33. The Kier molecular flexibility index (Phi) is 4.54. The average Bonchev–Trinajstić information content (AvgIpc) is 2.81. The summed E-state index contributed by atoms with van der Waals surface area (Å²) in [6.07, 6.45) is 1.60. The zero-order chi connectivity index (χ0) is 14.8. The van der Waals surface area contributed by atoms with Gasteiger partial charge in [0, 0.05) is 23.1 Å². The molecule has 0 aliphatic carbocycles. The van der Waals surface area contributed by atoms with Crippen molar-refractivity contribution in [3.05, 3.63) is 33.6 Å². The van der Waals surface area contributed by atoms with E-state index in [2.05, 4.69) is 25.9 Å². The van der Waals surface area contributed by atoms with Gasteiger partial charge in [-0.1, -0.05) is 15.9 Å². The number of β-amino-alcohol motifs (C(OH)–C–C–N with tert-alkyl or cyclic N) is 1. The van der Waals surface area contributed by atoms with Gasteiger partial charge in [0.05, 0.1) is 12.8 Å². The number of piperidine rings is 1. The van der Waals surface area contributed by atoms with Crippen LogP contribution in [-0.4, -0.2) is 39.0 Å². The Hall–Kier alpha value is -1.02. The van der Waals surface area contributed by atoms with E-state index in [-0.39, 0.29) is 6.10 Å². The van der Waals surface area contributed by atoms with Crippen LogP contribution in [0.5, 0.6) is 0 Å². The molecule has 112 valence electrons. The van der Waals surface area contributed by atoms with E-state index in [1.807, 2.05) is 24.3 Å². The summed E-state index contributed by atoms with van der Waals surface area (Å²) in [5.41, 5.74) is 0.890.